The predicted octanol–water partition coefficient (Wildman–Crippen LogP) is 3.85. The third-order valence-corrected chi connectivity index (χ3v) is 11.3. The Morgan fingerprint density at radius 2 is 1.84 bits per heavy atom. The minimum absolute atomic E-state index is 0.0115. The summed E-state index contributed by atoms with van der Waals surface area (Å²) in [6.07, 6.45) is 10.5. The Kier molecular flexibility index (Phi) is 11.2. The van der Waals surface area contributed by atoms with Gasteiger partial charge in [0.15, 0.2) is 0 Å². The number of fused-ring (bicyclic) bond motifs is 1. The summed E-state index contributed by atoms with van der Waals surface area (Å²) in [6.45, 7) is 12.0. The molecular formula is C28H44BrN3O4S. The first-order valence-corrected chi connectivity index (χ1v) is 15.6. The van der Waals surface area contributed by atoms with E-state index >= 15 is 0 Å². The second-order valence-corrected chi connectivity index (χ2v) is 13.3. The van der Waals surface area contributed by atoms with Gasteiger partial charge in [-0.25, -0.2) is 0 Å². The monoisotopic (exact) mass is 597 g/mol. The Morgan fingerprint density at radius 3 is 2.49 bits per heavy atom. The molecule has 3 rings (SSSR count). The molecule has 3 unspecified atom stereocenters. The highest BCUT2D eigenvalue weighted by Crippen LogP contribution is 2.68. The standard InChI is InChI=1S/C28H44BrN3O4S/c1-5-8-11-16-31(15-7-3)27(36)24-28-19-20(29)23(37-28)21(25(34)30(4)14-6-2)22(28)26(35)32(24)17-12-9-10-13-18-33/h6-7,20-24,33H,2-3,5,8-19H2,1,4H3/t20?,21-,22+,23-,24?,28?/m1/s1. The van der Waals surface area contributed by atoms with E-state index in [0.717, 1.165) is 44.9 Å². The molecule has 1 N–H and O–H groups in total. The molecule has 0 aromatic rings. The predicted molar refractivity (Wildman–Crippen MR) is 154 cm³/mol. The molecule has 1 spiro atoms. The van der Waals surface area contributed by atoms with Gasteiger partial charge in [0.1, 0.15) is 6.04 Å². The first kappa shape index (κ1) is 30.2. The Balaban J connectivity index is 1.96. The van der Waals surface area contributed by atoms with Crippen molar-refractivity contribution < 1.29 is 19.5 Å². The van der Waals surface area contributed by atoms with Crippen LogP contribution in [0, 0.1) is 11.8 Å². The summed E-state index contributed by atoms with van der Waals surface area (Å²) < 4.78 is -0.613. The highest BCUT2D eigenvalue weighted by atomic mass is 79.9. The maximum atomic E-state index is 14.3. The molecular weight excluding hydrogens is 554 g/mol. The number of nitrogens with zero attached hydrogens (tertiary/aromatic N) is 3. The van der Waals surface area contributed by atoms with Gasteiger partial charge in [0.05, 0.1) is 16.6 Å². The number of aliphatic hydroxyl groups excluding tert-OH is 1. The average Bonchev–Trinajstić information content (AvgIpc) is 3.46. The topological polar surface area (TPSA) is 81.2 Å². The van der Waals surface area contributed by atoms with Crippen molar-refractivity contribution in [2.75, 3.05) is 39.8 Å². The molecule has 3 aliphatic heterocycles. The molecule has 208 valence electrons. The van der Waals surface area contributed by atoms with Crippen molar-refractivity contribution in [2.24, 2.45) is 11.8 Å². The lowest BCUT2D eigenvalue weighted by Gasteiger charge is -2.38. The minimum atomic E-state index is -0.613. The van der Waals surface area contributed by atoms with Crippen molar-refractivity contribution in [2.45, 2.75) is 79.2 Å². The first-order chi connectivity index (χ1) is 17.8. The third kappa shape index (κ3) is 5.98. The SMILES string of the molecule is C=CCN(C)C(=O)[C@H]1[C@@H]2SC3(CC2Br)C(C(=O)N(CC=C)CCCCC)N(CCCCCCO)C(=O)[C@H]13. The molecule has 3 fully saturated rings. The molecule has 3 amide bonds. The smallest absolute Gasteiger partial charge is 0.247 e. The molecule has 37 heavy (non-hydrogen) atoms. The molecule has 0 radical (unpaired) electrons. The fourth-order valence-corrected chi connectivity index (χ4v) is 9.99. The lowest BCUT2D eigenvalue weighted by atomic mass is 9.70. The highest BCUT2D eigenvalue weighted by molar-refractivity contribution is 9.09. The number of aliphatic hydroxyl groups is 1. The normalized spacial score (nSPS) is 29.9. The molecule has 0 saturated carbocycles. The van der Waals surface area contributed by atoms with Crippen molar-refractivity contribution in [3.05, 3.63) is 25.3 Å². The van der Waals surface area contributed by atoms with Crippen LogP contribution in [0.25, 0.3) is 0 Å². The molecule has 2 bridgehead atoms. The number of carbonyl (C=O) groups excluding carboxylic acids is 3. The Labute approximate surface area is 235 Å². The third-order valence-electron chi connectivity index (χ3n) is 8.09. The average molecular weight is 599 g/mol. The minimum Gasteiger partial charge on any atom is -0.396 e. The van der Waals surface area contributed by atoms with Gasteiger partial charge in [-0.05, 0) is 25.7 Å². The van der Waals surface area contributed by atoms with E-state index < -0.39 is 22.6 Å². The van der Waals surface area contributed by atoms with Crippen LogP contribution in [0.15, 0.2) is 25.3 Å². The van der Waals surface area contributed by atoms with Gasteiger partial charge < -0.3 is 19.8 Å². The molecule has 3 saturated heterocycles. The van der Waals surface area contributed by atoms with Crippen molar-refractivity contribution in [1.29, 1.82) is 0 Å². The van der Waals surface area contributed by atoms with E-state index in [0.29, 0.717) is 32.6 Å². The quantitative estimate of drug-likeness (QED) is 0.166. The van der Waals surface area contributed by atoms with Gasteiger partial charge in [0.25, 0.3) is 0 Å². The van der Waals surface area contributed by atoms with E-state index in [9.17, 15) is 14.4 Å². The number of unbranched alkanes of at least 4 members (excludes halogenated alkanes) is 5. The van der Waals surface area contributed by atoms with Crippen LogP contribution in [-0.4, -0.2) is 98.2 Å². The van der Waals surface area contributed by atoms with Crippen LogP contribution in [0.3, 0.4) is 0 Å². The van der Waals surface area contributed by atoms with E-state index in [1.807, 2.05) is 9.80 Å². The number of alkyl halides is 1. The molecule has 6 atom stereocenters. The summed E-state index contributed by atoms with van der Waals surface area (Å²) in [6, 6.07) is -0.582. The van der Waals surface area contributed by atoms with Crippen LogP contribution in [0.1, 0.15) is 58.3 Å². The number of carbonyl (C=O) groups is 3. The number of hydrogen-bond donors (Lipinski definition) is 1. The van der Waals surface area contributed by atoms with Gasteiger partial charge in [0, 0.05) is 49.9 Å². The number of rotatable bonds is 16. The van der Waals surface area contributed by atoms with E-state index in [1.54, 1.807) is 35.9 Å². The maximum Gasteiger partial charge on any atom is 0.247 e. The zero-order chi connectivity index (χ0) is 27.2. The van der Waals surface area contributed by atoms with Crippen LogP contribution >= 0.6 is 27.7 Å². The molecule has 7 nitrogen and oxygen atoms in total. The number of likely N-dealkylation sites (tertiary alicyclic amines) is 1. The van der Waals surface area contributed by atoms with Crippen LogP contribution in [0.2, 0.25) is 0 Å². The first-order valence-electron chi connectivity index (χ1n) is 13.8. The highest BCUT2D eigenvalue weighted by Gasteiger charge is 2.75. The number of hydrogen-bond acceptors (Lipinski definition) is 5. The Bertz CT molecular complexity index is 857. The second kappa shape index (κ2) is 13.7. The van der Waals surface area contributed by atoms with Crippen molar-refractivity contribution in [3.8, 4) is 0 Å². The fraction of sp³-hybridized carbons (Fsp3) is 0.750. The van der Waals surface area contributed by atoms with Gasteiger partial charge in [0.2, 0.25) is 17.7 Å². The second-order valence-electron chi connectivity index (χ2n) is 10.6. The number of halogens is 1. The maximum absolute atomic E-state index is 14.3. The molecule has 0 aliphatic carbocycles. The van der Waals surface area contributed by atoms with Crippen LogP contribution in [0.4, 0.5) is 0 Å². The summed E-state index contributed by atoms with van der Waals surface area (Å²) in [7, 11) is 1.76. The van der Waals surface area contributed by atoms with Gasteiger partial charge in [-0.1, -0.05) is 60.7 Å². The van der Waals surface area contributed by atoms with E-state index in [2.05, 4.69) is 36.0 Å². The van der Waals surface area contributed by atoms with E-state index in [1.165, 1.54) is 0 Å². The zero-order valence-electron chi connectivity index (χ0n) is 22.4. The summed E-state index contributed by atoms with van der Waals surface area (Å²) in [4.78, 5) is 47.4. The van der Waals surface area contributed by atoms with Gasteiger partial charge >= 0.3 is 0 Å². The molecule has 3 heterocycles. The molecule has 0 aromatic heterocycles. The van der Waals surface area contributed by atoms with Crippen molar-refractivity contribution >= 4 is 45.4 Å². The lowest BCUT2D eigenvalue weighted by molar-refractivity contribution is -0.144. The summed E-state index contributed by atoms with van der Waals surface area (Å²) in [5.74, 6) is -1.05. The van der Waals surface area contributed by atoms with Gasteiger partial charge in [-0.15, -0.1) is 24.9 Å². The van der Waals surface area contributed by atoms with Crippen molar-refractivity contribution in [3.63, 3.8) is 0 Å². The molecule has 3 aliphatic rings. The number of thioether (sulfide) groups is 1. The summed E-state index contributed by atoms with van der Waals surface area (Å²) in [5.41, 5.74) is 0. The van der Waals surface area contributed by atoms with Crippen LogP contribution in [0.5, 0.6) is 0 Å². The zero-order valence-corrected chi connectivity index (χ0v) is 24.9. The van der Waals surface area contributed by atoms with Crippen molar-refractivity contribution in [1.82, 2.24) is 14.7 Å². The lowest BCUT2D eigenvalue weighted by Crippen LogP contribution is -2.56. The van der Waals surface area contributed by atoms with Gasteiger partial charge in [-0.2, -0.15) is 0 Å². The fourth-order valence-electron chi connectivity index (χ4n) is 6.39. The number of amides is 3. The summed E-state index contributed by atoms with van der Waals surface area (Å²) >= 11 is 5.53. The summed E-state index contributed by atoms with van der Waals surface area (Å²) in [5, 5.41) is 9.09. The Morgan fingerprint density at radius 1 is 1.14 bits per heavy atom. The molecule has 9 heteroatoms. The number of likely N-dealkylation sites (N-methyl/N-ethyl adjacent to an activating group) is 1. The van der Waals surface area contributed by atoms with Crippen LogP contribution in [-0.2, 0) is 14.4 Å². The van der Waals surface area contributed by atoms with E-state index in [-0.39, 0.29) is 34.4 Å². The van der Waals surface area contributed by atoms with Crippen LogP contribution < -0.4 is 0 Å². The molecule has 0 aromatic carbocycles. The van der Waals surface area contributed by atoms with E-state index in [4.69, 9.17) is 5.11 Å². The largest absolute Gasteiger partial charge is 0.396 e. The Hall–Kier alpha value is -1.32. The van der Waals surface area contributed by atoms with Gasteiger partial charge in [-0.3, -0.25) is 14.4 Å².